The molecule has 1 aliphatic rings. The molecule has 1 saturated heterocycles. The molecule has 1 amide bonds. The third kappa shape index (κ3) is 5.27. The van der Waals surface area contributed by atoms with Crippen LogP contribution in [0, 0.1) is 0 Å². The van der Waals surface area contributed by atoms with Crippen molar-refractivity contribution in [1.29, 1.82) is 0 Å². The van der Waals surface area contributed by atoms with Crippen LogP contribution in [0.5, 0.6) is 0 Å². The SMILES string of the molecule is CCCCCN(Cc1ccc(Cl)cc1)C(=O)C1CNCCO1. The van der Waals surface area contributed by atoms with Gasteiger partial charge in [-0.1, -0.05) is 43.5 Å². The summed E-state index contributed by atoms with van der Waals surface area (Å²) in [5, 5.41) is 3.93. The van der Waals surface area contributed by atoms with Gasteiger partial charge in [-0.25, -0.2) is 0 Å². The molecular weight excluding hydrogens is 300 g/mol. The monoisotopic (exact) mass is 324 g/mol. The van der Waals surface area contributed by atoms with Crippen molar-refractivity contribution < 1.29 is 9.53 Å². The molecule has 22 heavy (non-hydrogen) atoms. The number of carbonyl (C=O) groups is 1. The number of amides is 1. The van der Waals surface area contributed by atoms with Gasteiger partial charge < -0.3 is 15.0 Å². The van der Waals surface area contributed by atoms with Gasteiger partial charge in [-0.05, 0) is 24.1 Å². The van der Waals surface area contributed by atoms with Gasteiger partial charge in [-0.2, -0.15) is 0 Å². The zero-order valence-corrected chi connectivity index (χ0v) is 13.9. The molecule has 1 heterocycles. The van der Waals surface area contributed by atoms with Crippen LogP contribution in [0.2, 0.25) is 5.02 Å². The van der Waals surface area contributed by atoms with Crippen LogP contribution in [0.1, 0.15) is 31.7 Å². The number of hydrogen-bond acceptors (Lipinski definition) is 3. The molecular formula is C17H25ClN2O2. The molecule has 1 aromatic rings. The maximum atomic E-state index is 12.7. The Morgan fingerprint density at radius 3 is 2.77 bits per heavy atom. The molecule has 1 aliphatic heterocycles. The summed E-state index contributed by atoms with van der Waals surface area (Å²) in [5.41, 5.74) is 1.10. The van der Waals surface area contributed by atoms with Crippen molar-refractivity contribution in [3.63, 3.8) is 0 Å². The van der Waals surface area contributed by atoms with Gasteiger partial charge in [0, 0.05) is 31.2 Å². The lowest BCUT2D eigenvalue weighted by Gasteiger charge is -2.30. The second kappa shape index (κ2) is 9.13. The fourth-order valence-electron chi connectivity index (χ4n) is 2.56. The number of hydrogen-bond donors (Lipinski definition) is 1. The lowest BCUT2D eigenvalue weighted by molar-refractivity contribution is -0.146. The van der Waals surface area contributed by atoms with Crippen molar-refractivity contribution in [3.05, 3.63) is 34.9 Å². The molecule has 0 spiro atoms. The van der Waals surface area contributed by atoms with Crippen molar-refractivity contribution in [2.45, 2.75) is 38.8 Å². The van der Waals surface area contributed by atoms with Gasteiger partial charge in [-0.15, -0.1) is 0 Å². The van der Waals surface area contributed by atoms with Gasteiger partial charge in [0.15, 0.2) is 0 Å². The minimum Gasteiger partial charge on any atom is -0.366 e. The maximum Gasteiger partial charge on any atom is 0.253 e. The van der Waals surface area contributed by atoms with Crippen LogP contribution in [0.3, 0.4) is 0 Å². The highest BCUT2D eigenvalue weighted by Crippen LogP contribution is 2.14. The lowest BCUT2D eigenvalue weighted by Crippen LogP contribution is -2.49. The van der Waals surface area contributed by atoms with E-state index in [1.165, 1.54) is 0 Å². The van der Waals surface area contributed by atoms with Crippen LogP contribution < -0.4 is 5.32 Å². The summed E-state index contributed by atoms with van der Waals surface area (Å²) in [7, 11) is 0. The Morgan fingerprint density at radius 1 is 1.36 bits per heavy atom. The summed E-state index contributed by atoms with van der Waals surface area (Å²) in [5.74, 6) is 0.0817. The van der Waals surface area contributed by atoms with E-state index in [4.69, 9.17) is 16.3 Å². The van der Waals surface area contributed by atoms with E-state index in [-0.39, 0.29) is 12.0 Å². The smallest absolute Gasteiger partial charge is 0.253 e. The molecule has 2 rings (SSSR count). The molecule has 1 atom stereocenters. The molecule has 1 fully saturated rings. The summed E-state index contributed by atoms with van der Waals surface area (Å²) in [6, 6.07) is 7.68. The van der Waals surface area contributed by atoms with E-state index in [1.54, 1.807) is 0 Å². The highest BCUT2D eigenvalue weighted by Gasteiger charge is 2.26. The molecule has 0 aromatic heterocycles. The fraction of sp³-hybridized carbons (Fsp3) is 0.588. The Kier molecular flexibility index (Phi) is 7.16. The average Bonchev–Trinajstić information content (AvgIpc) is 2.56. The van der Waals surface area contributed by atoms with E-state index in [0.717, 1.165) is 37.9 Å². The Bertz CT molecular complexity index is 458. The van der Waals surface area contributed by atoms with E-state index in [1.807, 2.05) is 29.2 Å². The van der Waals surface area contributed by atoms with Crippen LogP contribution in [0.25, 0.3) is 0 Å². The van der Waals surface area contributed by atoms with Crippen LogP contribution in [-0.4, -0.2) is 43.2 Å². The van der Waals surface area contributed by atoms with Crippen molar-refractivity contribution in [3.8, 4) is 0 Å². The third-order valence-electron chi connectivity index (χ3n) is 3.83. The molecule has 5 heteroatoms. The molecule has 0 radical (unpaired) electrons. The van der Waals surface area contributed by atoms with Crippen LogP contribution in [0.4, 0.5) is 0 Å². The molecule has 1 unspecified atom stereocenters. The first-order valence-electron chi connectivity index (χ1n) is 8.06. The zero-order chi connectivity index (χ0) is 15.8. The zero-order valence-electron chi connectivity index (χ0n) is 13.2. The van der Waals surface area contributed by atoms with E-state index >= 15 is 0 Å². The van der Waals surface area contributed by atoms with Crippen molar-refractivity contribution in [2.75, 3.05) is 26.2 Å². The van der Waals surface area contributed by atoms with Crippen LogP contribution in [0.15, 0.2) is 24.3 Å². The Hall–Kier alpha value is -1.10. The second-order valence-electron chi connectivity index (χ2n) is 5.66. The number of nitrogens with one attached hydrogen (secondary N) is 1. The number of carbonyl (C=O) groups excluding carboxylic acids is 1. The minimum atomic E-state index is -0.359. The van der Waals surface area contributed by atoms with Crippen LogP contribution >= 0.6 is 11.6 Å². The lowest BCUT2D eigenvalue weighted by atomic mass is 10.1. The molecule has 0 aliphatic carbocycles. The van der Waals surface area contributed by atoms with Gasteiger partial charge in [0.25, 0.3) is 5.91 Å². The number of nitrogens with zero attached hydrogens (tertiary/aromatic N) is 1. The van der Waals surface area contributed by atoms with Gasteiger partial charge in [0.1, 0.15) is 6.10 Å². The highest BCUT2D eigenvalue weighted by atomic mass is 35.5. The summed E-state index contributed by atoms with van der Waals surface area (Å²) in [4.78, 5) is 14.6. The van der Waals surface area contributed by atoms with Gasteiger partial charge in [0.05, 0.1) is 6.61 Å². The summed E-state index contributed by atoms with van der Waals surface area (Å²) in [6.07, 6.45) is 2.94. The van der Waals surface area contributed by atoms with E-state index in [2.05, 4.69) is 12.2 Å². The molecule has 1 aromatic carbocycles. The number of benzene rings is 1. The van der Waals surface area contributed by atoms with Gasteiger partial charge >= 0.3 is 0 Å². The number of halogens is 1. The summed E-state index contributed by atoms with van der Waals surface area (Å²) < 4.78 is 5.61. The Balaban J connectivity index is 2.00. The minimum absolute atomic E-state index is 0.0817. The first kappa shape index (κ1) is 17.3. The predicted molar refractivity (Wildman–Crippen MR) is 89.0 cm³/mol. The van der Waals surface area contributed by atoms with Gasteiger partial charge in [0.2, 0.25) is 0 Å². The van der Waals surface area contributed by atoms with Gasteiger partial charge in [-0.3, -0.25) is 4.79 Å². The molecule has 1 N–H and O–H groups in total. The van der Waals surface area contributed by atoms with Crippen molar-refractivity contribution in [2.24, 2.45) is 0 Å². The number of unbranched alkanes of at least 4 members (excludes halogenated alkanes) is 2. The second-order valence-corrected chi connectivity index (χ2v) is 6.09. The first-order valence-corrected chi connectivity index (χ1v) is 8.44. The number of rotatable bonds is 7. The van der Waals surface area contributed by atoms with E-state index in [9.17, 15) is 4.79 Å². The molecule has 0 bridgehead atoms. The Labute approximate surface area is 137 Å². The van der Waals surface area contributed by atoms with E-state index in [0.29, 0.717) is 24.7 Å². The Morgan fingerprint density at radius 2 is 2.14 bits per heavy atom. The highest BCUT2D eigenvalue weighted by molar-refractivity contribution is 6.30. The fourth-order valence-corrected chi connectivity index (χ4v) is 2.68. The molecule has 122 valence electrons. The maximum absolute atomic E-state index is 12.7. The van der Waals surface area contributed by atoms with Crippen molar-refractivity contribution in [1.82, 2.24) is 10.2 Å². The quantitative estimate of drug-likeness (QED) is 0.784. The summed E-state index contributed by atoms with van der Waals surface area (Å²) in [6.45, 7) is 5.56. The molecule has 4 nitrogen and oxygen atoms in total. The number of morpholine rings is 1. The average molecular weight is 325 g/mol. The predicted octanol–water partition coefficient (Wildman–Crippen LogP) is 2.85. The van der Waals surface area contributed by atoms with Crippen LogP contribution in [-0.2, 0) is 16.1 Å². The summed E-state index contributed by atoms with van der Waals surface area (Å²) >= 11 is 5.93. The standard InChI is InChI=1S/C17H25ClN2O2/c1-2-3-4-10-20(13-14-5-7-15(18)8-6-14)17(21)16-12-19-9-11-22-16/h5-8,16,19H,2-4,9-13H2,1H3. The molecule has 0 saturated carbocycles. The first-order chi connectivity index (χ1) is 10.7. The van der Waals surface area contributed by atoms with E-state index < -0.39 is 0 Å². The third-order valence-corrected chi connectivity index (χ3v) is 4.08. The largest absolute Gasteiger partial charge is 0.366 e. The number of ether oxygens (including phenoxy) is 1. The topological polar surface area (TPSA) is 41.6 Å². The normalized spacial score (nSPS) is 18.2. The van der Waals surface area contributed by atoms with Crippen molar-refractivity contribution >= 4 is 17.5 Å².